The molecule has 1 aromatic heterocycles. The maximum absolute atomic E-state index is 13.0. The fourth-order valence-electron chi connectivity index (χ4n) is 3.63. The number of ether oxygens (including phenoxy) is 1. The van der Waals surface area contributed by atoms with E-state index in [1.807, 2.05) is 6.92 Å². The Hall–Kier alpha value is -3.07. The van der Waals surface area contributed by atoms with Gasteiger partial charge >= 0.3 is 6.09 Å². The molecule has 0 saturated carbocycles. The first-order valence-electron chi connectivity index (χ1n) is 9.22. The van der Waals surface area contributed by atoms with E-state index in [2.05, 4.69) is 15.7 Å². The molecule has 2 aliphatic heterocycles. The first-order chi connectivity index (χ1) is 13.8. The number of benzene rings is 1. The number of fused-ring (bicyclic) bond motifs is 1. The van der Waals surface area contributed by atoms with E-state index >= 15 is 0 Å². The average Bonchev–Trinajstić information content (AvgIpc) is 3.26. The summed E-state index contributed by atoms with van der Waals surface area (Å²) in [7, 11) is 0. The highest BCUT2D eigenvalue weighted by Crippen LogP contribution is 2.33. The van der Waals surface area contributed by atoms with E-state index in [4.69, 9.17) is 16.3 Å². The van der Waals surface area contributed by atoms with Crippen LogP contribution in [0.4, 0.5) is 10.5 Å². The molecule has 0 bridgehead atoms. The van der Waals surface area contributed by atoms with Gasteiger partial charge in [-0.15, -0.1) is 0 Å². The van der Waals surface area contributed by atoms with Gasteiger partial charge in [0.15, 0.2) is 0 Å². The number of nitrogens with one attached hydrogen (secondary N) is 2. The molecular weight excluding hydrogens is 398 g/mol. The van der Waals surface area contributed by atoms with Crippen LogP contribution in [0.15, 0.2) is 24.3 Å². The first-order valence-corrected chi connectivity index (χ1v) is 9.60. The molecule has 0 aliphatic carbocycles. The molecule has 0 unspecified atom stereocenters. The van der Waals surface area contributed by atoms with Crippen LogP contribution < -0.4 is 10.6 Å². The number of aromatic nitrogens is 2. The van der Waals surface area contributed by atoms with E-state index in [0.717, 1.165) is 0 Å². The van der Waals surface area contributed by atoms with Crippen molar-refractivity contribution in [2.45, 2.75) is 26.0 Å². The quantitative estimate of drug-likeness (QED) is 0.793. The van der Waals surface area contributed by atoms with E-state index < -0.39 is 6.09 Å². The highest BCUT2D eigenvalue weighted by molar-refractivity contribution is 6.31. The Kier molecular flexibility index (Phi) is 4.91. The third-order valence-electron chi connectivity index (χ3n) is 4.88. The number of carbonyl (C=O) groups is 3. The van der Waals surface area contributed by atoms with Crippen LogP contribution in [0.2, 0.25) is 5.02 Å². The fourth-order valence-corrected chi connectivity index (χ4v) is 3.80. The Balaban J connectivity index is 1.64. The second kappa shape index (κ2) is 7.40. The van der Waals surface area contributed by atoms with E-state index in [1.54, 1.807) is 33.8 Å². The van der Waals surface area contributed by atoms with Crippen LogP contribution in [0.25, 0.3) is 11.3 Å². The zero-order chi connectivity index (χ0) is 20.7. The number of cyclic esters (lactones) is 1. The van der Waals surface area contributed by atoms with Gasteiger partial charge in [0.25, 0.3) is 5.91 Å². The van der Waals surface area contributed by atoms with Crippen molar-refractivity contribution in [3.63, 3.8) is 0 Å². The molecule has 1 fully saturated rings. The predicted molar refractivity (Wildman–Crippen MR) is 106 cm³/mol. The van der Waals surface area contributed by atoms with Gasteiger partial charge in [0.1, 0.15) is 11.8 Å². The van der Waals surface area contributed by atoms with Crippen molar-refractivity contribution in [3.05, 3.63) is 35.0 Å². The molecule has 152 valence electrons. The van der Waals surface area contributed by atoms with Crippen molar-refractivity contribution in [2.24, 2.45) is 0 Å². The molecule has 3 heterocycles. The normalized spacial score (nSPS) is 20.9. The summed E-state index contributed by atoms with van der Waals surface area (Å²) in [5.74, 6) is -0.410. The van der Waals surface area contributed by atoms with Gasteiger partial charge in [-0.2, -0.15) is 5.10 Å². The van der Waals surface area contributed by atoms with Gasteiger partial charge in [-0.05, 0) is 31.2 Å². The van der Waals surface area contributed by atoms with Gasteiger partial charge < -0.3 is 20.3 Å². The molecular formula is C19H20ClN5O4. The minimum atomic E-state index is -0.465. The summed E-state index contributed by atoms with van der Waals surface area (Å²) in [6.07, 6.45) is -0.830. The Labute approximate surface area is 171 Å². The summed E-state index contributed by atoms with van der Waals surface area (Å²) in [6.45, 7) is 4.54. The Morgan fingerprint density at radius 3 is 2.86 bits per heavy atom. The van der Waals surface area contributed by atoms with Crippen molar-refractivity contribution in [1.29, 1.82) is 0 Å². The second-order valence-corrected chi connectivity index (χ2v) is 7.63. The maximum Gasteiger partial charge on any atom is 0.407 e. The van der Waals surface area contributed by atoms with Crippen LogP contribution in [-0.4, -0.2) is 58.3 Å². The molecule has 2 N–H and O–H groups in total. The van der Waals surface area contributed by atoms with Crippen molar-refractivity contribution >= 4 is 35.2 Å². The summed E-state index contributed by atoms with van der Waals surface area (Å²) in [5.41, 5.74) is 2.21. The number of amides is 3. The van der Waals surface area contributed by atoms with Crippen molar-refractivity contribution in [2.75, 3.05) is 25.0 Å². The van der Waals surface area contributed by atoms with Gasteiger partial charge in [-0.1, -0.05) is 11.6 Å². The van der Waals surface area contributed by atoms with Crippen LogP contribution in [-0.2, 0) is 9.53 Å². The van der Waals surface area contributed by atoms with Crippen LogP contribution in [0.3, 0.4) is 0 Å². The monoisotopic (exact) mass is 417 g/mol. The number of hydrogen-bond donors (Lipinski definition) is 2. The molecule has 4 rings (SSSR count). The zero-order valence-corrected chi connectivity index (χ0v) is 16.7. The number of rotatable bonds is 4. The van der Waals surface area contributed by atoms with Crippen molar-refractivity contribution in [3.8, 4) is 11.3 Å². The summed E-state index contributed by atoms with van der Waals surface area (Å²) >= 11 is 6.07. The maximum atomic E-state index is 13.0. The Morgan fingerprint density at radius 2 is 2.17 bits per heavy atom. The number of hydrogen-bond acceptors (Lipinski definition) is 5. The van der Waals surface area contributed by atoms with Gasteiger partial charge in [0.05, 0.1) is 30.5 Å². The number of halogens is 1. The summed E-state index contributed by atoms with van der Waals surface area (Å²) in [5, 5.41) is 10.4. The SMILES string of the molecule is CC(=O)Nc1cc(Cl)ccc1-c1cc2n(n1)[C@@H](C)CN(C[C@H]1CNC(=O)O1)C2=O. The number of anilines is 1. The van der Waals surface area contributed by atoms with Crippen LogP contribution in [0, 0.1) is 0 Å². The van der Waals surface area contributed by atoms with Gasteiger partial charge in [0.2, 0.25) is 5.91 Å². The molecule has 3 amide bonds. The minimum Gasteiger partial charge on any atom is -0.442 e. The van der Waals surface area contributed by atoms with Crippen LogP contribution in [0.1, 0.15) is 30.4 Å². The second-order valence-electron chi connectivity index (χ2n) is 7.20. The smallest absolute Gasteiger partial charge is 0.407 e. The highest BCUT2D eigenvalue weighted by Gasteiger charge is 2.34. The summed E-state index contributed by atoms with van der Waals surface area (Å²) in [4.78, 5) is 37.5. The van der Waals surface area contributed by atoms with Crippen molar-refractivity contribution < 1.29 is 19.1 Å². The molecule has 0 radical (unpaired) electrons. The van der Waals surface area contributed by atoms with E-state index in [0.29, 0.717) is 47.3 Å². The molecule has 1 aromatic carbocycles. The predicted octanol–water partition coefficient (Wildman–Crippen LogP) is 2.29. The van der Waals surface area contributed by atoms with Gasteiger partial charge in [0, 0.05) is 24.1 Å². The lowest BCUT2D eigenvalue weighted by Crippen LogP contribution is -2.46. The molecule has 2 atom stereocenters. The topological polar surface area (TPSA) is 106 Å². The lowest BCUT2D eigenvalue weighted by atomic mass is 10.1. The van der Waals surface area contributed by atoms with Crippen molar-refractivity contribution in [1.82, 2.24) is 20.0 Å². The molecule has 1 saturated heterocycles. The molecule has 2 aliphatic rings. The number of carbonyl (C=O) groups excluding carboxylic acids is 3. The zero-order valence-electron chi connectivity index (χ0n) is 15.9. The highest BCUT2D eigenvalue weighted by atomic mass is 35.5. The number of nitrogens with zero attached hydrogens (tertiary/aromatic N) is 3. The lowest BCUT2D eigenvalue weighted by Gasteiger charge is -2.32. The summed E-state index contributed by atoms with van der Waals surface area (Å²) < 4.78 is 6.85. The average molecular weight is 418 g/mol. The van der Waals surface area contributed by atoms with E-state index in [1.165, 1.54) is 6.92 Å². The molecule has 9 nitrogen and oxygen atoms in total. The minimum absolute atomic E-state index is 0.0574. The number of alkyl carbamates (subject to hydrolysis) is 1. The summed E-state index contributed by atoms with van der Waals surface area (Å²) in [6, 6.07) is 6.77. The van der Waals surface area contributed by atoms with E-state index in [-0.39, 0.29) is 24.0 Å². The molecule has 10 heteroatoms. The van der Waals surface area contributed by atoms with E-state index in [9.17, 15) is 14.4 Å². The Bertz CT molecular complexity index is 1000. The third-order valence-corrected chi connectivity index (χ3v) is 5.12. The lowest BCUT2D eigenvalue weighted by molar-refractivity contribution is -0.114. The fraction of sp³-hybridized carbons (Fsp3) is 0.368. The molecule has 2 aromatic rings. The van der Waals surface area contributed by atoms with Gasteiger partial charge in [-0.3, -0.25) is 14.3 Å². The Morgan fingerprint density at radius 1 is 1.38 bits per heavy atom. The van der Waals surface area contributed by atoms with Crippen LogP contribution >= 0.6 is 11.6 Å². The van der Waals surface area contributed by atoms with Crippen LogP contribution in [0.5, 0.6) is 0 Å². The molecule has 29 heavy (non-hydrogen) atoms. The largest absolute Gasteiger partial charge is 0.442 e. The van der Waals surface area contributed by atoms with Gasteiger partial charge in [-0.25, -0.2) is 4.79 Å². The standard InChI is InChI=1S/C19H20ClN5O4/c1-10-8-24(9-13-7-21-19(28)29-13)18(27)17-6-16(23-25(10)17)14-4-3-12(20)5-15(14)22-11(2)26/h3-6,10,13H,7-9H2,1-2H3,(H,21,28)(H,22,26)/t10-,13+/m0/s1. The third kappa shape index (κ3) is 3.77. The molecule has 0 spiro atoms. The first kappa shape index (κ1) is 19.3.